The number of benzene rings is 2. The molecule has 0 saturated heterocycles. The van der Waals surface area contributed by atoms with Gasteiger partial charge < -0.3 is 5.11 Å². The Morgan fingerprint density at radius 1 is 1.12 bits per heavy atom. The summed E-state index contributed by atoms with van der Waals surface area (Å²) >= 11 is 3.31. The van der Waals surface area contributed by atoms with Crippen molar-refractivity contribution < 1.29 is 9.50 Å². The van der Waals surface area contributed by atoms with Gasteiger partial charge in [-0.3, -0.25) is 0 Å². The van der Waals surface area contributed by atoms with E-state index < -0.39 is 0 Å². The van der Waals surface area contributed by atoms with Gasteiger partial charge >= 0.3 is 0 Å². The van der Waals surface area contributed by atoms with Crippen molar-refractivity contribution in [3.63, 3.8) is 0 Å². The molecule has 2 rings (SSSR count). The lowest BCUT2D eigenvalue weighted by atomic mass is 10.0. The first-order valence-corrected chi connectivity index (χ1v) is 5.66. The monoisotopic (exact) mass is 280 g/mol. The van der Waals surface area contributed by atoms with E-state index in [-0.39, 0.29) is 12.4 Å². The molecule has 0 amide bonds. The minimum Gasteiger partial charge on any atom is -0.392 e. The van der Waals surface area contributed by atoms with Crippen molar-refractivity contribution in [2.24, 2.45) is 0 Å². The first-order chi connectivity index (χ1) is 7.72. The zero-order valence-electron chi connectivity index (χ0n) is 8.45. The van der Waals surface area contributed by atoms with Gasteiger partial charge in [0.1, 0.15) is 5.82 Å². The van der Waals surface area contributed by atoms with Crippen molar-refractivity contribution in [3.05, 3.63) is 58.3 Å². The van der Waals surface area contributed by atoms with Crippen LogP contribution in [0.25, 0.3) is 11.1 Å². The van der Waals surface area contributed by atoms with Crippen LogP contribution >= 0.6 is 15.9 Å². The van der Waals surface area contributed by atoms with E-state index in [1.807, 2.05) is 30.3 Å². The Hall–Kier alpha value is -1.19. The fourth-order valence-electron chi connectivity index (χ4n) is 1.59. The smallest absolute Gasteiger partial charge is 0.136 e. The van der Waals surface area contributed by atoms with Crippen LogP contribution in [0.3, 0.4) is 0 Å². The average molecular weight is 281 g/mol. The van der Waals surface area contributed by atoms with Crippen LogP contribution < -0.4 is 0 Å². The molecule has 82 valence electrons. The molecule has 1 nitrogen and oxygen atoms in total. The predicted molar refractivity (Wildman–Crippen MR) is 65.5 cm³/mol. The molecule has 1 N–H and O–H groups in total. The predicted octanol–water partition coefficient (Wildman–Crippen LogP) is 3.75. The third-order valence-corrected chi connectivity index (χ3v) is 2.83. The first-order valence-electron chi connectivity index (χ1n) is 4.86. The van der Waals surface area contributed by atoms with Crippen LogP contribution in [-0.4, -0.2) is 5.11 Å². The van der Waals surface area contributed by atoms with Crippen molar-refractivity contribution >= 4 is 15.9 Å². The lowest BCUT2D eigenvalue weighted by molar-refractivity contribution is 0.276. The number of hydrogen-bond donors (Lipinski definition) is 1. The molecule has 0 unspecified atom stereocenters. The van der Waals surface area contributed by atoms with E-state index in [2.05, 4.69) is 15.9 Å². The zero-order chi connectivity index (χ0) is 11.5. The number of rotatable bonds is 2. The van der Waals surface area contributed by atoms with Crippen LogP contribution in [0.5, 0.6) is 0 Å². The quantitative estimate of drug-likeness (QED) is 0.888. The molecule has 3 heteroatoms. The van der Waals surface area contributed by atoms with Gasteiger partial charge in [0.25, 0.3) is 0 Å². The Labute approximate surface area is 102 Å². The summed E-state index contributed by atoms with van der Waals surface area (Å²) < 4.78 is 14.7. The molecule has 0 atom stereocenters. The van der Waals surface area contributed by atoms with Gasteiger partial charge in [0.2, 0.25) is 0 Å². The maximum absolute atomic E-state index is 14.0. The maximum atomic E-state index is 14.0. The van der Waals surface area contributed by atoms with Crippen LogP contribution in [0.1, 0.15) is 5.56 Å². The molecule has 0 aliphatic heterocycles. The molecule has 0 aromatic heterocycles. The highest BCUT2D eigenvalue weighted by molar-refractivity contribution is 9.10. The fourth-order valence-corrected chi connectivity index (χ4v) is 2.09. The van der Waals surface area contributed by atoms with E-state index in [1.165, 1.54) is 0 Å². The van der Waals surface area contributed by atoms with Gasteiger partial charge in [-0.2, -0.15) is 0 Å². The Balaban J connectivity index is 2.61. The summed E-state index contributed by atoms with van der Waals surface area (Å²) in [4.78, 5) is 0. The Bertz CT molecular complexity index is 497. The van der Waals surface area contributed by atoms with Crippen molar-refractivity contribution in [1.82, 2.24) is 0 Å². The third-order valence-electron chi connectivity index (χ3n) is 2.37. The molecule has 0 aliphatic rings. The molecule has 2 aromatic rings. The molecule has 16 heavy (non-hydrogen) atoms. The van der Waals surface area contributed by atoms with E-state index in [1.54, 1.807) is 12.1 Å². The second-order valence-electron chi connectivity index (χ2n) is 3.45. The van der Waals surface area contributed by atoms with E-state index >= 15 is 0 Å². The largest absolute Gasteiger partial charge is 0.392 e. The third kappa shape index (κ3) is 2.15. The maximum Gasteiger partial charge on any atom is 0.136 e. The minimum atomic E-state index is -0.364. The second-order valence-corrected chi connectivity index (χ2v) is 4.37. The lowest BCUT2D eigenvalue weighted by Gasteiger charge is -2.08. The summed E-state index contributed by atoms with van der Waals surface area (Å²) in [7, 11) is 0. The summed E-state index contributed by atoms with van der Waals surface area (Å²) in [6.45, 7) is -0.300. The van der Waals surface area contributed by atoms with Crippen molar-refractivity contribution in [2.45, 2.75) is 6.61 Å². The zero-order valence-corrected chi connectivity index (χ0v) is 10.0. The Morgan fingerprint density at radius 3 is 2.44 bits per heavy atom. The topological polar surface area (TPSA) is 20.2 Å². The summed E-state index contributed by atoms with van der Waals surface area (Å²) in [6.07, 6.45) is 0. The molecule has 0 saturated carbocycles. The summed E-state index contributed by atoms with van der Waals surface area (Å²) in [6, 6.07) is 12.6. The minimum absolute atomic E-state index is 0.299. The molecule has 0 heterocycles. The van der Waals surface area contributed by atoms with Gasteiger partial charge in [-0.05, 0) is 17.7 Å². The fraction of sp³-hybridized carbons (Fsp3) is 0.0769. The first kappa shape index (κ1) is 11.3. The lowest BCUT2D eigenvalue weighted by Crippen LogP contribution is -1.93. The number of aliphatic hydroxyl groups is 1. The van der Waals surface area contributed by atoms with Crippen LogP contribution in [0, 0.1) is 5.82 Å². The van der Waals surface area contributed by atoms with E-state index in [0.717, 1.165) is 10.0 Å². The highest BCUT2D eigenvalue weighted by Gasteiger charge is 2.10. The van der Waals surface area contributed by atoms with Gasteiger partial charge in [0.15, 0.2) is 0 Å². The molecule has 0 spiro atoms. The van der Waals surface area contributed by atoms with E-state index in [9.17, 15) is 4.39 Å². The van der Waals surface area contributed by atoms with Gasteiger partial charge in [0, 0.05) is 15.6 Å². The SMILES string of the molecule is OCc1cc(Br)cc(-c2ccccc2)c1F. The second kappa shape index (κ2) is 4.76. The highest BCUT2D eigenvalue weighted by atomic mass is 79.9. The van der Waals surface area contributed by atoms with Gasteiger partial charge in [-0.15, -0.1) is 0 Å². The number of halogens is 2. The van der Waals surface area contributed by atoms with Crippen LogP contribution in [0.4, 0.5) is 4.39 Å². The molecule has 0 bridgehead atoms. The van der Waals surface area contributed by atoms with Gasteiger partial charge in [-0.25, -0.2) is 4.39 Å². The molecular weight excluding hydrogens is 271 g/mol. The standard InChI is InChI=1S/C13H10BrFO/c14-11-6-10(8-16)13(15)12(7-11)9-4-2-1-3-5-9/h1-7,16H,8H2. The van der Waals surface area contributed by atoms with E-state index in [0.29, 0.717) is 11.1 Å². The van der Waals surface area contributed by atoms with Crippen LogP contribution in [0.15, 0.2) is 46.9 Å². The van der Waals surface area contributed by atoms with Crippen LogP contribution in [-0.2, 0) is 6.61 Å². The number of hydrogen-bond acceptors (Lipinski definition) is 1. The molecule has 2 aromatic carbocycles. The number of aliphatic hydroxyl groups excluding tert-OH is 1. The van der Waals surface area contributed by atoms with Gasteiger partial charge in [0.05, 0.1) is 6.61 Å². The van der Waals surface area contributed by atoms with Crippen LogP contribution in [0.2, 0.25) is 0 Å². The average Bonchev–Trinajstić information content (AvgIpc) is 2.33. The molecule has 0 radical (unpaired) electrons. The molecule has 0 aliphatic carbocycles. The van der Waals surface area contributed by atoms with E-state index in [4.69, 9.17) is 5.11 Å². The van der Waals surface area contributed by atoms with Gasteiger partial charge in [-0.1, -0.05) is 46.3 Å². The highest BCUT2D eigenvalue weighted by Crippen LogP contribution is 2.28. The molecular formula is C13H10BrFO. The summed E-state index contributed by atoms with van der Waals surface area (Å²) in [5.41, 5.74) is 1.60. The normalized spacial score (nSPS) is 10.4. The van der Waals surface area contributed by atoms with Crippen molar-refractivity contribution in [1.29, 1.82) is 0 Å². The Morgan fingerprint density at radius 2 is 1.81 bits per heavy atom. The summed E-state index contributed by atoms with van der Waals surface area (Å²) in [5, 5.41) is 9.05. The van der Waals surface area contributed by atoms with Crippen molar-refractivity contribution in [2.75, 3.05) is 0 Å². The Kier molecular flexibility index (Phi) is 3.36. The van der Waals surface area contributed by atoms with Crippen molar-refractivity contribution in [3.8, 4) is 11.1 Å². The summed E-state index contributed by atoms with van der Waals surface area (Å²) in [5.74, 6) is -0.364. The molecule has 0 fully saturated rings.